The number of rotatable bonds is 4. The zero-order chi connectivity index (χ0) is 12.3. The molecular formula is C12H22N2O3. The summed E-state index contributed by atoms with van der Waals surface area (Å²) >= 11 is 0. The molecule has 2 rings (SSSR count). The van der Waals surface area contributed by atoms with E-state index in [1.165, 1.54) is 0 Å². The fraction of sp³-hybridized carbons (Fsp3) is 0.917. The van der Waals surface area contributed by atoms with E-state index in [9.17, 15) is 9.90 Å². The van der Waals surface area contributed by atoms with Gasteiger partial charge < -0.3 is 20.1 Å². The number of aliphatic hydroxyl groups excluding tert-OH is 1. The highest BCUT2D eigenvalue weighted by Gasteiger charge is 2.29. The third kappa shape index (κ3) is 3.18. The van der Waals surface area contributed by atoms with E-state index in [4.69, 9.17) is 4.74 Å². The van der Waals surface area contributed by atoms with Gasteiger partial charge in [-0.25, -0.2) is 0 Å². The molecule has 2 fully saturated rings. The van der Waals surface area contributed by atoms with E-state index in [1.54, 1.807) is 6.92 Å². The Morgan fingerprint density at radius 2 is 2.35 bits per heavy atom. The predicted octanol–water partition coefficient (Wildman–Crippen LogP) is 0.0843. The molecule has 2 N–H and O–H groups in total. The van der Waals surface area contributed by atoms with Crippen LogP contribution in [0.2, 0.25) is 0 Å². The third-order valence-corrected chi connectivity index (χ3v) is 3.68. The smallest absolute Gasteiger partial charge is 0.219 e. The van der Waals surface area contributed by atoms with E-state index >= 15 is 0 Å². The minimum atomic E-state index is -0.744. The minimum Gasteiger partial charge on any atom is -0.367 e. The Morgan fingerprint density at radius 1 is 1.53 bits per heavy atom. The summed E-state index contributed by atoms with van der Waals surface area (Å²) in [6.07, 6.45) is 3.32. The molecular weight excluding hydrogens is 220 g/mol. The van der Waals surface area contributed by atoms with Gasteiger partial charge in [0.15, 0.2) is 6.29 Å². The van der Waals surface area contributed by atoms with Crippen LogP contribution >= 0.6 is 0 Å². The largest absolute Gasteiger partial charge is 0.367 e. The highest BCUT2D eigenvalue weighted by Crippen LogP contribution is 2.19. The first-order valence-electron chi connectivity index (χ1n) is 6.49. The number of hydrogen-bond donors (Lipinski definition) is 2. The third-order valence-electron chi connectivity index (χ3n) is 3.68. The van der Waals surface area contributed by atoms with Crippen molar-refractivity contribution in [3.63, 3.8) is 0 Å². The molecule has 3 unspecified atom stereocenters. The quantitative estimate of drug-likeness (QED) is 0.686. The molecule has 98 valence electrons. The molecule has 0 aliphatic carbocycles. The lowest BCUT2D eigenvalue weighted by Crippen LogP contribution is -2.41. The lowest BCUT2D eigenvalue weighted by molar-refractivity contribution is -0.141. The molecule has 2 aliphatic heterocycles. The van der Waals surface area contributed by atoms with Crippen molar-refractivity contribution in [1.29, 1.82) is 0 Å². The zero-order valence-corrected chi connectivity index (χ0v) is 10.4. The van der Waals surface area contributed by atoms with Gasteiger partial charge in [-0.1, -0.05) is 0 Å². The van der Waals surface area contributed by atoms with Gasteiger partial charge in [0.25, 0.3) is 0 Å². The zero-order valence-electron chi connectivity index (χ0n) is 10.4. The highest BCUT2D eigenvalue weighted by molar-refractivity contribution is 5.73. The number of ether oxygens (including phenoxy) is 1. The Bertz CT molecular complexity index is 266. The standard InChI is InChI=1S/C12H22N2O3/c1-9(15)14-7-3-4-10(14)8-17-12(16)11-5-2-6-13-11/h10-13,16H,2-8H2,1H3. The normalized spacial score (nSPS) is 30.8. The molecule has 0 aromatic heterocycles. The first kappa shape index (κ1) is 12.8. The monoisotopic (exact) mass is 242 g/mol. The summed E-state index contributed by atoms with van der Waals surface area (Å²) < 4.78 is 5.49. The van der Waals surface area contributed by atoms with Crippen molar-refractivity contribution >= 4 is 5.91 Å². The van der Waals surface area contributed by atoms with E-state index < -0.39 is 6.29 Å². The molecule has 17 heavy (non-hydrogen) atoms. The molecule has 0 aromatic carbocycles. The lowest BCUT2D eigenvalue weighted by Gasteiger charge is -2.26. The second-order valence-electron chi connectivity index (χ2n) is 4.94. The van der Waals surface area contributed by atoms with Crippen LogP contribution in [0.5, 0.6) is 0 Å². The van der Waals surface area contributed by atoms with Gasteiger partial charge in [-0.2, -0.15) is 0 Å². The molecule has 0 spiro atoms. The van der Waals surface area contributed by atoms with E-state index in [1.807, 2.05) is 4.90 Å². The van der Waals surface area contributed by atoms with Crippen LogP contribution in [0.25, 0.3) is 0 Å². The van der Waals surface area contributed by atoms with Crippen molar-refractivity contribution in [3.8, 4) is 0 Å². The van der Waals surface area contributed by atoms with E-state index in [2.05, 4.69) is 5.32 Å². The molecule has 0 radical (unpaired) electrons. The van der Waals surface area contributed by atoms with Crippen molar-refractivity contribution < 1.29 is 14.6 Å². The summed E-state index contributed by atoms with van der Waals surface area (Å²) in [5, 5.41) is 13.1. The van der Waals surface area contributed by atoms with E-state index in [-0.39, 0.29) is 18.0 Å². The summed E-state index contributed by atoms with van der Waals surface area (Å²) in [7, 11) is 0. The van der Waals surface area contributed by atoms with Gasteiger partial charge in [0.1, 0.15) is 0 Å². The molecule has 0 saturated carbocycles. The summed E-state index contributed by atoms with van der Waals surface area (Å²) in [6, 6.07) is 0.200. The van der Waals surface area contributed by atoms with Gasteiger partial charge in [0.2, 0.25) is 5.91 Å². The van der Waals surface area contributed by atoms with Gasteiger partial charge in [0, 0.05) is 13.5 Å². The van der Waals surface area contributed by atoms with Crippen molar-refractivity contribution in [2.24, 2.45) is 0 Å². The topological polar surface area (TPSA) is 61.8 Å². The Kier molecular flexibility index (Phi) is 4.36. The SMILES string of the molecule is CC(=O)N1CCCC1COC(O)C1CCCN1. The molecule has 2 aliphatic rings. The van der Waals surface area contributed by atoms with Crippen molar-refractivity contribution in [2.75, 3.05) is 19.7 Å². The second kappa shape index (κ2) is 5.80. The molecule has 0 aromatic rings. The minimum absolute atomic E-state index is 0.0576. The Hall–Kier alpha value is -0.650. The maximum Gasteiger partial charge on any atom is 0.219 e. The molecule has 2 heterocycles. The fourth-order valence-corrected chi connectivity index (χ4v) is 2.70. The summed E-state index contributed by atoms with van der Waals surface area (Å²) in [6.45, 7) is 3.81. The molecule has 1 amide bonds. The van der Waals surface area contributed by atoms with Gasteiger partial charge in [-0.05, 0) is 32.2 Å². The molecule has 3 atom stereocenters. The molecule has 5 nitrogen and oxygen atoms in total. The van der Waals surface area contributed by atoms with Crippen LogP contribution in [0.4, 0.5) is 0 Å². The Morgan fingerprint density at radius 3 is 3.00 bits per heavy atom. The highest BCUT2D eigenvalue weighted by atomic mass is 16.6. The number of likely N-dealkylation sites (tertiary alicyclic amines) is 1. The average Bonchev–Trinajstić information content (AvgIpc) is 2.96. The number of carbonyl (C=O) groups excluding carboxylic acids is 1. The first-order chi connectivity index (χ1) is 8.18. The van der Waals surface area contributed by atoms with Gasteiger partial charge in [0.05, 0.1) is 18.7 Å². The summed E-state index contributed by atoms with van der Waals surface area (Å²) in [5.41, 5.74) is 0. The molecule has 2 saturated heterocycles. The van der Waals surface area contributed by atoms with Crippen LogP contribution < -0.4 is 5.32 Å². The number of aliphatic hydroxyl groups is 1. The second-order valence-corrected chi connectivity index (χ2v) is 4.94. The lowest BCUT2D eigenvalue weighted by atomic mass is 10.2. The van der Waals surface area contributed by atoms with Crippen molar-refractivity contribution in [2.45, 2.75) is 51.0 Å². The van der Waals surface area contributed by atoms with Crippen LogP contribution in [0.1, 0.15) is 32.6 Å². The summed E-state index contributed by atoms with van der Waals surface area (Å²) in [5.74, 6) is 0.101. The van der Waals surface area contributed by atoms with Gasteiger partial charge >= 0.3 is 0 Å². The van der Waals surface area contributed by atoms with Gasteiger partial charge in [-0.3, -0.25) is 4.79 Å². The number of carbonyl (C=O) groups is 1. The molecule has 5 heteroatoms. The first-order valence-corrected chi connectivity index (χ1v) is 6.49. The molecule has 0 bridgehead atoms. The summed E-state index contributed by atoms with van der Waals surface area (Å²) in [4.78, 5) is 13.2. The predicted molar refractivity (Wildman–Crippen MR) is 63.4 cm³/mol. The van der Waals surface area contributed by atoms with Crippen LogP contribution in [-0.4, -0.2) is 54.0 Å². The maximum atomic E-state index is 11.4. The fourth-order valence-electron chi connectivity index (χ4n) is 2.70. The van der Waals surface area contributed by atoms with Crippen LogP contribution in [-0.2, 0) is 9.53 Å². The Labute approximate surface area is 102 Å². The number of nitrogens with zero attached hydrogens (tertiary/aromatic N) is 1. The maximum absolute atomic E-state index is 11.4. The van der Waals surface area contributed by atoms with Crippen LogP contribution in [0.15, 0.2) is 0 Å². The number of amides is 1. The van der Waals surface area contributed by atoms with E-state index in [0.717, 1.165) is 38.8 Å². The van der Waals surface area contributed by atoms with E-state index in [0.29, 0.717) is 6.61 Å². The van der Waals surface area contributed by atoms with Crippen molar-refractivity contribution in [3.05, 3.63) is 0 Å². The van der Waals surface area contributed by atoms with Gasteiger partial charge in [-0.15, -0.1) is 0 Å². The Balaban J connectivity index is 1.75. The number of nitrogens with one attached hydrogen (secondary N) is 1. The number of hydrogen-bond acceptors (Lipinski definition) is 4. The van der Waals surface area contributed by atoms with Crippen molar-refractivity contribution in [1.82, 2.24) is 10.2 Å². The average molecular weight is 242 g/mol. The van der Waals surface area contributed by atoms with Crippen LogP contribution in [0, 0.1) is 0 Å². The van der Waals surface area contributed by atoms with Crippen LogP contribution in [0.3, 0.4) is 0 Å².